The van der Waals surface area contributed by atoms with E-state index >= 15 is 0 Å². The lowest BCUT2D eigenvalue weighted by molar-refractivity contribution is -0.114. The summed E-state index contributed by atoms with van der Waals surface area (Å²) < 4.78 is 10.6. The van der Waals surface area contributed by atoms with Crippen LogP contribution in [-0.2, 0) is 4.79 Å². The quantitative estimate of drug-likeness (QED) is 0.888. The second kappa shape index (κ2) is 5.72. The van der Waals surface area contributed by atoms with Crippen molar-refractivity contribution < 1.29 is 24.2 Å². The molecule has 1 aromatic rings. The van der Waals surface area contributed by atoms with Crippen molar-refractivity contribution in [2.24, 2.45) is 0 Å². The van der Waals surface area contributed by atoms with Gasteiger partial charge >= 0.3 is 5.97 Å². The Kier molecular flexibility index (Phi) is 4.55. The number of carbonyl (C=O) groups excluding carboxylic acids is 1. The van der Waals surface area contributed by atoms with E-state index < -0.39 is 11.9 Å². The third-order valence-electron chi connectivity index (χ3n) is 2.13. The monoisotopic (exact) mass is 317 g/mol. The Bertz CT molecular complexity index is 501. The van der Waals surface area contributed by atoms with Gasteiger partial charge in [0.2, 0.25) is 5.91 Å². The zero-order chi connectivity index (χ0) is 13.9. The number of benzene rings is 1. The molecule has 0 unspecified atom stereocenters. The smallest absolute Gasteiger partial charge is 0.338 e. The molecule has 0 bridgehead atoms. The molecule has 0 heterocycles. The number of hydrogen-bond donors (Lipinski definition) is 2. The lowest BCUT2D eigenvalue weighted by Gasteiger charge is -2.16. The van der Waals surface area contributed by atoms with Gasteiger partial charge in [0.1, 0.15) is 5.69 Å². The number of aromatic carboxylic acids is 1. The molecule has 7 heteroatoms. The Labute approximate surface area is 112 Å². The Balaban J connectivity index is 3.58. The first-order valence-electron chi connectivity index (χ1n) is 4.87. The van der Waals surface area contributed by atoms with E-state index in [1.807, 2.05) is 0 Å². The number of amides is 1. The number of halogens is 1. The molecule has 0 aliphatic rings. The van der Waals surface area contributed by atoms with Gasteiger partial charge in [-0.05, 0) is 22.0 Å². The van der Waals surface area contributed by atoms with Crippen molar-refractivity contribution in [3.63, 3.8) is 0 Å². The van der Waals surface area contributed by atoms with E-state index in [9.17, 15) is 9.59 Å². The highest BCUT2D eigenvalue weighted by molar-refractivity contribution is 9.10. The van der Waals surface area contributed by atoms with Gasteiger partial charge in [-0.25, -0.2) is 4.79 Å². The van der Waals surface area contributed by atoms with Crippen molar-refractivity contribution in [2.45, 2.75) is 6.92 Å². The van der Waals surface area contributed by atoms with Crippen LogP contribution in [0.3, 0.4) is 0 Å². The van der Waals surface area contributed by atoms with Crippen LogP contribution in [0.4, 0.5) is 5.69 Å². The Hall–Kier alpha value is -1.76. The molecule has 2 N–H and O–H groups in total. The van der Waals surface area contributed by atoms with Crippen LogP contribution in [0.15, 0.2) is 10.5 Å². The van der Waals surface area contributed by atoms with Crippen molar-refractivity contribution in [1.82, 2.24) is 0 Å². The molecular weight excluding hydrogens is 306 g/mol. The SMILES string of the molecule is COc1c(Br)cc(C(=O)O)c(NC(C)=O)c1OC. The molecule has 0 fully saturated rings. The number of nitrogens with one attached hydrogen (secondary N) is 1. The van der Waals surface area contributed by atoms with E-state index in [2.05, 4.69) is 21.2 Å². The highest BCUT2D eigenvalue weighted by Crippen LogP contribution is 2.43. The molecule has 18 heavy (non-hydrogen) atoms. The molecule has 0 aliphatic carbocycles. The number of hydrogen-bond acceptors (Lipinski definition) is 4. The van der Waals surface area contributed by atoms with Gasteiger partial charge in [0.25, 0.3) is 0 Å². The van der Waals surface area contributed by atoms with Gasteiger partial charge in [-0.15, -0.1) is 0 Å². The summed E-state index contributed by atoms with van der Waals surface area (Å²) in [6, 6.07) is 1.34. The molecule has 0 atom stereocenters. The van der Waals surface area contributed by atoms with Crippen LogP contribution in [0.1, 0.15) is 17.3 Å². The van der Waals surface area contributed by atoms with Gasteiger partial charge in [-0.2, -0.15) is 0 Å². The largest absolute Gasteiger partial charge is 0.492 e. The van der Waals surface area contributed by atoms with Crippen molar-refractivity contribution in [3.8, 4) is 11.5 Å². The Morgan fingerprint density at radius 1 is 1.28 bits per heavy atom. The molecule has 1 amide bonds. The fourth-order valence-corrected chi connectivity index (χ4v) is 2.03. The molecular formula is C11H12BrNO5. The van der Waals surface area contributed by atoms with Gasteiger partial charge in [-0.3, -0.25) is 4.79 Å². The molecule has 0 radical (unpaired) electrons. The normalized spacial score (nSPS) is 9.78. The predicted molar refractivity (Wildman–Crippen MR) is 68.5 cm³/mol. The molecule has 0 aliphatic heterocycles. The molecule has 98 valence electrons. The summed E-state index contributed by atoms with van der Waals surface area (Å²) in [7, 11) is 2.78. The zero-order valence-electron chi connectivity index (χ0n) is 10.0. The first kappa shape index (κ1) is 14.3. The fraction of sp³-hybridized carbons (Fsp3) is 0.273. The maximum absolute atomic E-state index is 11.2. The Morgan fingerprint density at radius 2 is 1.83 bits per heavy atom. The van der Waals surface area contributed by atoms with Crippen LogP contribution in [0.5, 0.6) is 11.5 Å². The maximum Gasteiger partial charge on any atom is 0.338 e. The van der Waals surface area contributed by atoms with E-state index in [1.54, 1.807) is 0 Å². The minimum atomic E-state index is -1.18. The molecule has 1 rings (SSSR count). The van der Waals surface area contributed by atoms with Crippen molar-refractivity contribution in [3.05, 3.63) is 16.1 Å². The number of carboxylic acids is 1. The van der Waals surface area contributed by atoms with Gasteiger partial charge in [0.05, 0.1) is 24.3 Å². The second-order valence-electron chi connectivity index (χ2n) is 3.33. The van der Waals surface area contributed by atoms with Crippen LogP contribution in [-0.4, -0.2) is 31.2 Å². The molecule has 0 aromatic heterocycles. The third-order valence-corrected chi connectivity index (χ3v) is 2.72. The highest BCUT2D eigenvalue weighted by atomic mass is 79.9. The highest BCUT2D eigenvalue weighted by Gasteiger charge is 2.23. The molecule has 1 aromatic carbocycles. The maximum atomic E-state index is 11.2. The summed E-state index contributed by atoms with van der Waals surface area (Å²) in [5.41, 5.74) is -0.0210. The van der Waals surface area contributed by atoms with Gasteiger partial charge in [0, 0.05) is 6.92 Å². The summed E-state index contributed by atoms with van der Waals surface area (Å²) >= 11 is 3.19. The summed E-state index contributed by atoms with van der Waals surface area (Å²) in [5, 5.41) is 11.5. The van der Waals surface area contributed by atoms with Gasteiger partial charge in [-0.1, -0.05) is 0 Å². The lowest BCUT2D eigenvalue weighted by Crippen LogP contribution is -2.13. The minimum Gasteiger partial charge on any atom is -0.492 e. The molecule has 0 spiro atoms. The van der Waals surface area contributed by atoms with Crippen molar-refractivity contribution in [1.29, 1.82) is 0 Å². The first-order valence-corrected chi connectivity index (χ1v) is 5.67. The van der Waals surface area contributed by atoms with E-state index in [1.165, 1.54) is 27.2 Å². The van der Waals surface area contributed by atoms with Crippen LogP contribution in [0.2, 0.25) is 0 Å². The van der Waals surface area contributed by atoms with Crippen LogP contribution in [0.25, 0.3) is 0 Å². The van der Waals surface area contributed by atoms with E-state index in [0.29, 0.717) is 10.2 Å². The molecule has 0 saturated carbocycles. The number of carbonyl (C=O) groups is 2. The van der Waals surface area contributed by atoms with Gasteiger partial charge < -0.3 is 19.9 Å². The van der Waals surface area contributed by atoms with Crippen molar-refractivity contribution >= 4 is 33.5 Å². The van der Waals surface area contributed by atoms with Crippen LogP contribution in [0, 0.1) is 0 Å². The number of anilines is 1. The zero-order valence-corrected chi connectivity index (χ0v) is 11.6. The Morgan fingerprint density at radius 3 is 2.22 bits per heavy atom. The topological polar surface area (TPSA) is 84.9 Å². The number of rotatable bonds is 4. The minimum absolute atomic E-state index is 0.0672. The van der Waals surface area contributed by atoms with Crippen LogP contribution >= 0.6 is 15.9 Å². The lowest BCUT2D eigenvalue weighted by atomic mass is 10.1. The van der Waals surface area contributed by atoms with E-state index in [-0.39, 0.29) is 17.0 Å². The summed E-state index contributed by atoms with van der Waals surface area (Å²) in [6.07, 6.45) is 0. The predicted octanol–water partition coefficient (Wildman–Crippen LogP) is 2.12. The number of carboxylic acid groups (broad SMARTS) is 1. The molecule has 0 saturated heterocycles. The fourth-order valence-electron chi connectivity index (χ4n) is 1.46. The third kappa shape index (κ3) is 2.73. The first-order chi connectivity index (χ1) is 8.42. The second-order valence-corrected chi connectivity index (χ2v) is 4.19. The van der Waals surface area contributed by atoms with E-state index in [0.717, 1.165) is 0 Å². The number of ether oxygens (including phenoxy) is 2. The summed E-state index contributed by atoms with van der Waals surface area (Å²) in [6.45, 7) is 1.28. The molecule has 6 nitrogen and oxygen atoms in total. The van der Waals surface area contributed by atoms with E-state index in [4.69, 9.17) is 14.6 Å². The van der Waals surface area contributed by atoms with Gasteiger partial charge in [0.15, 0.2) is 11.5 Å². The number of methoxy groups -OCH3 is 2. The summed E-state index contributed by atoms with van der Waals surface area (Å²) in [4.78, 5) is 22.3. The average Bonchev–Trinajstić information content (AvgIpc) is 2.29. The average molecular weight is 318 g/mol. The summed E-state index contributed by atoms with van der Waals surface area (Å²) in [5.74, 6) is -1.12. The van der Waals surface area contributed by atoms with Crippen LogP contribution < -0.4 is 14.8 Å². The standard InChI is InChI=1S/C11H12BrNO5/c1-5(14)13-8-6(11(15)16)4-7(12)9(17-2)10(8)18-3/h4H,1-3H3,(H,13,14)(H,15,16). The van der Waals surface area contributed by atoms with Crippen molar-refractivity contribution in [2.75, 3.05) is 19.5 Å².